The Bertz CT molecular complexity index is 1030. The van der Waals surface area contributed by atoms with Crippen LogP contribution in [0.3, 0.4) is 0 Å². The first-order valence-electron chi connectivity index (χ1n) is 10.0. The van der Waals surface area contributed by atoms with Crippen LogP contribution in [0.15, 0.2) is 41.6 Å². The predicted octanol–water partition coefficient (Wildman–Crippen LogP) is 2.38. The van der Waals surface area contributed by atoms with E-state index in [0.29, 0.717) is 28.3 Å². The molecule has 30 heavy (non-hydrogen) atoms. The van der Waals surface area contributed by atoms with E-state index in [2.05, 4.69) is 20.8 Å². The summed E-state index contributed by atoms with van der Waals surface area (Å²) >= 11 is 0. The van der Waals surface area contributed by atoms with Crippen LogP contribution in [0.1, 0.15) is 47.8 Å². The Morgan fingerprint density at radius 3 is 1.97 bits per heavy atom. The van der Waals surface area contributed by atoms with Gasteiger partial charge >= 0.3 is 0 Å². The average molecular weight is 432 g/mol. The maximum atomic E-state index is 13.4. The summed E-state index contributed by atoms with van der Waals surface area (Å²) < 4.78 is 28.8. The number of carbonyl (C=O) groups is 1. The Hall–Kier alpha value is -2.45. The van der Waals surface area contributed by atoms with E-state index in [1.807, 2.05) is 26.0 Å². The monoisotopic (exact) mass is 431 g/mol. The van der Waals surface area contributed by atoms with Gasteiger partial charge in [-0.15, -0.1) is 0 Å². The summed E-state index contributed by atoms with van der Waals surface area (Å²) in [7, 11) is -3.65. The molecule has 3 rings (SSSR count). The summed E-state index contributed by atoms with van der Waals surface area (Å²) in [5.74, 6) is -0.200. The molecule has 0 unspecified atom stereocenters. The highest BCUT2D eigenvalue weighted by atomic mass is 32.2. The van der Waals surface area contributed by atoms with E-state index in [-0.39, 0.29) is 24.4 Å². The molecule has 8 heteroatoms. The van der Waals surface area contributed by atoms with Crippen LogP contribution >= 0.6 is 0 Å². The molecule has 0 radical (unpaired) electrons. The van der Waals surface area contributed by atoms with Gasteiger partial charge in [-0.05, 0) is 36.0 Å². The van der Waals surface area contributed by atoms with Crippen LogP contribution in [-0.2, 0) is 15.4 Å². The van der Waals surface area contributed by atoms with Crippen molar-refractivity contribution in [2.24, 2.45) is 0 Å². The number of nitrogens with zero attached hydrogens (tertiary/aromatic N) is 3. The second-order valence-electron chi connectivity index (χ2n) is 8.83. The molecule has 2 heterocycles. The van der Waals surface area contributed by atoms with Gasteiger partial charge < -0.3 is 10.1 Å². The average Bonchev–Trinajstić information content (AvgIpc) is 2.66. The van der Waals surface area contributed by atoms with Gasteiger partial charge in [-0.1, -0.05) is 32.9 Å². The van der Waals surface area contributed by atoms with Crippen molar-refractivity contribution in [2.45, 2.75) is 44.9 Å². The Balaban J connectivity index is 1.78. The fourth-order valence-corrected chi connectivity index (χ4v) is 5.62. The van der Waals surface area contributed by atoms with Gasteiger partial charge in [-0.2, -0.15) is 9.04 Å². The summed E-state index contributed by atoms with van der Waals surface area (Å²) in [6.45, 7) is 11.1. The summed E-state index contributed by atoms with van der Waals surface area (Å²) in [6, 6.07) is 6.86. The maximum Gasteiger partial charge on any atom is 0.254 e. The molecule has 1 aromatic heterocycles. The highest BCUT2D eigenvalue weighted by Crippen LogP contribution is 2.31. The summed E-state index contributed by atoms with van der Waals surface area (Å²) in [4.78, 5) is 14.6. The van der Waals surface area contributed by atoms with Crippen LogP contribution < -0.4 is 4.73 Å². The third kappa shape index (κ3) is 4.34. The van der Waals surface area contributed by atoms with Crippen molar-refractivity contribution in [1.82, 2.24) is 9.21 Å². The maximum absolute atomic E-state index is 13.4. The SMILES string of the molecule is Cc1cc(C(C)(C)C)cc(C)c1S(=O)(=O)N1CCN(C(=O)c2cc[n+]([O-])cc2)CC1. The Morgan fingerprint density at radius 1 is 1.00 bits per heavy atom. The van der Waals surface area contributed by atoms with Gasteiger partial charge in [-0.3, -0.25) is 4.79 Å². The number of carbonyl (C=O) groups excluding carboxylic acids is 1. The van der Waals surface area contributed by atoms with E-state index in [4.69, 9.17) is 0 Å². The van der Waals surface area contributed by atoms with Crippen LogP contribution in [0.5, 0.6) is 0 Å². The van der Waals surface area contributed by atoms with Crippen LogP contribution in [-0.4, -0.2) is 49.7 Å². The quantitative estimate of drug-likeness (QED) is 0.552. The Kier molecular flexibility index (Phi) is 5.93. The number of aryl methyl sites for hydroxylation is 2. The molecule has 1 aliphatic heterocycles. The Morgan fingerprint density at radius 2 is 1.50 bits per heavy atom. The van der Waals surface area contributed by atoms with Crippen LogP contribution in [0.25, 0.3) is 0 Å². The lowest BCUT2D eigenvalue weighted by Gasteiger charge is -2.34. The number of aromatic nitrogens is 1. The molecule has 0 bridgehead atoms. The van der Waals surface area contributed by atoms with Gasteiger partial charge in [0.15, 0.2) is 12.4 Å². The molecule has 0 aliphatic carbocycles. The molecule has 1 fully saturated rings. The molecular formula is C22H29N3O4S. The van der Waals surface area contributed by atoms with E-state index in [1.165, 1.54) is 28.8 Å². The number of hydrogen-bond acceptors (Lipinski definition) is 4. The van der Waals surface area contributed by atoms with Gasteiger partial charge in [0.2, 0.25) is 10.0 Å². The van der Waals surface area contributed by atoms with Crippen molar-refractivity contribution in [3.63, 3.8) is 0 Å². The van der Waals surface area contributed by atoms with Crippen molar-refractivity contribution in [3.05, 3.63) is 64.1 Å². The fourth-order valence-electron chi connectivity index (χ4n) is 3.79. The van der Waals surface area contributed by atoms with E-state index in [9.17, 15) is 18.4 Å². The number of hydrogen-bond donors (Lipinski definition) is 0. The zero-order valence-corrected chi connectivity index (χ0v) is 19.0. The van der Waals surface area contributed by atoms with E-state index >= 15 is 0 Å². The lowest BCUT2D eigenvalue weighted by Crippen LogP contribution is -2.50. The minimum absolute atomic E-state index is 0.0629. The van der Waals surface area contributed by atoms with Crippen molar-refractivity contribution in [3.8, 4) is 0 Å². The minimum atomic E-state index is -3.65. The highest BCUT2D eigenvalue weighted by Gasteiger charge is 2.33. The zero-order valence-electron chi connectivity index (χ0n) is 18.2. The first kappa shape index (κ1) is 22.2. The number of sulfonamides is 1. The second kappa shape index (κ2) is 8.00. The molecule has 0 atom stereocenters. The van der Waals surface area contributed by atoms with Crippen molar-refractivity contribution < 1.29 is 17.9 Å². The zero-order chi connectivity index (χ0) is 22.3. The van der Waals surface area contributed by atoms with Crippen LogP contribution in [0.2, 0.25) is 0 Å². The van der Waals surface area contributed by atoms with Crippen molar-refractivity contribution in [1.29, 1.82) is 0 Å². The summed E-state index contributed by atoms with van der Waals surface area (Å²) in [5, 5.41) is 11.2. The summed E-state index contributed by atoms with van der Waals surface area (Å²) in [5.41, 5.74) is 2.95. The first-order chi connectivity index (χ1) is 13.9. The van der Waals surface area contributed by atoms with Crippen LogP contribution in [0.4, 0.5) is 0 Å². The van der Waals surface area contributed by atoms with Gasteiger partial charge in [-0.25, -0.2) is 8.42 Å². The van der Waals surface area contributed by atoms with Gasteiger partial charge in [0, 0.05) is 38.3 Å². The van der Waals surface area contributed by atoms with Gasteiger partial charge in [0.1, 0.15) is 0 Å². The molecule has 162 valence electrons. The third-order valence-electron chi connectivity index (χ3n) is 5.50. The normalized spacial score (nSPS) is 16.0. The molecule has 1 aliphatic rings. The highest BCUT2D eigenvalue weighted by molar-refractivity contribution is 7.89. The molecule has 0 spiro atoms. The molecule has 0 N–H and O–H groups in total. The number of benzene rings is 1. The molecular weight excluding hydrogens is 402 g/mol. The molecule has 7 nitrogen and oxygen atoms in total. The molecule has 0 saturated carbocycles. The number of pyridine rings is 1. The summed E-state index contributed by atoms with van der Waals surface area (Å²) in [6.07, 6.45) is 2.56. The predicted molar refractivity (Wildman–Crippen MR) is 115 cm³/mol. The lowest BCUT2D eigenvalue weighted by atomic mass is 9.85. The number of piperazine rings is 1. The number of amides is 1. The molecule has 2 aromatic rings. The standard InChI is InChI=1S/C22H29N3O4S/c1-16-14-19(22(3,4)5)15-17(2)20(16)30(28,29)25-12-10-23(11-13-25)21(26)18-6-8-24(27)9-7-18/h6-9,14-15H,10-13H2,1-5H3. The van der Waals surface area contributed by atoms with E-state index in [1.54, 1.807) is 4.90 Å². The smallest absolute Gasteiger partial charge is 0.254 e. The van der Waals surface area contributed by atoms with Gasteiger partial charge in [0.25, 0.3) is 5.91 Å². The third-order valence-corrected chi connectivity index (χ3v) is 7.70. The van der Waals surface area contributed by atoms with E-state index < -0.39 is 10.0 Å². The van der Waals surface area contributed by atoms with Crippen molar-refractivity contribution >= 4 is 15.9 Å². The molecule has 1 aromatic carbocycles. The van der Waals surface area contributed by atoms with E-state index in [0.717, 1.165) is 16.7 Å². The minimum Gasteiger partial charge on any atom is -0.619 e. The Labute approximate surface area is 178 Å². The number of rotatable bonds is 3. The van der Waals surface area contributed by atoms with Crippen LogP contribution in [0, 0.1) is 19.1 Å². The topological polar surface area (TPSA) is 84.6 Å². The molecule has 1 amide bonds. The van der Waals surface area contributed by atoms with Gasteiger partial charge in [0.05, 0.1) is 10.5 Å². The first-order valence-corrected chi connectivity index (χ1v) is 11.5. The molecule has 1 saturated heterocycles. The fraction of sp³-hybridized carbons (Fsp3) is 0.455. The second-order valence-corrected chi connectivity index (χ2v) is 10.7. The largest absolute Gasteiger partial charge is 0.619 e. The van der Waals surface area contributed by atoms with Crippen molar-refractivity contribution in [2.75, 3.05) is 26.2 Å². The lowest BCUT2D eigenvalue weighted by molar-refractivity contribution is -0.605.